The number of aryl methyl sites for hydroxylation is 1. The average Bonchev–Trinajstić information content (AvgIpc) is 3.03. The van der Waals surface area contributed by atoms with Gasteiger partial charge in [0.1, 0.15) is 5.82 Å². The van der Waals surface area contributed by atoms with Crippen molar-refractivity contribution >= 4 is 36.7 Å². The molecule has 1 spiro atoms. The number of hydrogen-bond donors (Lipinski definition) is 2. The van der Waals surface area contributed by atoms with Gasteiger partial charge in [-0.3, -0.25) is 4.79 Å². The average molecular weight is 468 g/mol. The van der Waals surface area contributed by atoms with Crippen LogP contribution < -0.4 is 11.1 Å². The van der Waals surface area contributed by atoms with Crippen molar-refractivity contribution in [2.45, 2.75) is 37.5 Å². The van der Waals surface area contributed by atoms with E-state index in [4.69, 9.17) is 5.73 Å². The van der Waals surface area contributed by atoms with E-state index in [1.165, 1.54) is 6.07 Å². The Hall–Kier alpha value is -1.96. The van der Waals surface area contributed by atoms with Gasteiger partial charge in [0.15, 0.2) is 0 Å². The number of halogens is 3. The first-order valence-corrected chi connectivity index (χ1v) is 10.4. The van der Waals surface area contributed by atoms with Crippen LogP contribution in [0.2, 0.25) is 0 Å². The van der Waals surface area contributed by atoms with E-state index >= 15 is 0 Å². The molecule has 2 saturated heterocycles. The van der Waals surface area contributed by atoms with E-state index in [0.29, 0.717) is 37.6 Å². The smallest absolute Gasteiger partial charge is 0.231 e. The Morgan fingerprint density at radius 1 is 1.23 bits per heavy atom. The lowest BCUT2D eigenvalue weighted by Crippen LogP contribution is -2.65. The lowest BCUT2D eigenvalue weighted by molar-refractivity contribution is -0.147. The number of nitrogens with one attached hydrogen (secondary N) is 1. The van der Waals surface area contributed by atoms with Crippen LogP contribution in [-0.2, 0) is 23.1 Å². The molecule has 9 heteroatoms. The van der Waals surface area contributed by atoms with Crippen molar-refractivity contribution in [3.05, 3.63) is 53.1 Å². The van der Waals surface area contributed by atoms with Gasteiger partial charge < -0.3 is 16.0 Å². The SMILES string of the molecule is Cl.Cl.Nc1ncc2c(n1)C1(CCCN(C(=O)C3(Cc4ccccc4F)CNC3)C1)CC2. The number of carbonyl (C=O) groups is 1. The third-order valence-corrected chi connectivity index (χ3v) is 6.99. The predicted molar refractivity (Wildman–Crippen MR) is 122 cm³/mol. The van der Waals surface area contributed by atoms with Crippen molar-refractivity contribution in [3.8, 4) is 0 Å². The summed E-state index contributed by atoms with van der Waals surface area (Å²) in [5.41, 5.74) is 7.97. The molecule has 31 heavy (non-hydrogen) atoms. The Balaban J connectivity index is 0.00000136. The van der Waals surface area contributed by atoms with E-state index in [9.17, 15) is 9.18 Å². The molecule has 0 bridgehead atoms. The summed E-state index contributed by atoms with van der Waals surface area (Å²) in [6.45, 7) is 2.59. The van der Waals surface area contributed by atoms with Crippen LogP contribution in [-0.4, -0.2) is 47.0 Å². The van der Waals surface area contributed by atoms with Crippen LogP contribution in [0.1, 0.15) is 36.1 Å². The number of rotatable bonds is 3. The van der Waals surface area contributed by atoms with Gasteiger partial charge in [-0.25, -0.2) is 14.4 Å². The molecule has 0 radical (unpaired) electrons. The minimum absolute atomic E-state index is 0. The highest BCUT2D eigenvalue weighted by Crippen LogP contribution is 2.45. The van der Waals surface area contributed by atoms with Crippen LogP contribution in [0.25, 0.3) is 0 Å². The number of likely N-dealkylation sites (tertiary alicyclic amines) is 1. The molecule has 168 valence electrons. The van der Waals surface area contributed by atoms with Gasteiger partial charge >= 0.3 is 0 Å². The standard InChI is InChI=1S/C22H26FN5O.2ClH/c23-17-5-2-1-4-15(17)10-22(12-25-13-22)19(29)28-9-3-7-21(14-28)8-6-16-11-26-20(24)27-18(16)21;;/h1-2,4-5,11,25H,3,6-10,12-14H2,(H2,24,26,27);2*1H. The summed E-state index contributed by atoms with van der Waals surface area (Å²) in [6.07, 6.45) is 6.13. The summed E-state index contributed by atoms with van der Waals surface area (Å²) in [4.78, 5) is 24.4. The van der Waals surface area contributed by atoms with Gasteiger partial charge in [0.05, 0.1) is 11.1 Å². The van der Waals surface area contributed by atoms with E-state index in [1.807, 2.05) is 17.2 Å². The first kappa shape index (κ1) is 23.7. The van der Waals surface area contributed by atoms with E-state index in [0.717, 1.165) is 43.5 Å². The molecule has 1 amide bonds. The van der Waals surface area contributed by atoms with Crippen LogP contribution in [0.3, 0.4) is 0 Å². The fourth-order valence-electron chi connectivity index (χ4n) is 5.38. The molecule has 2 fully saturated rings. The van der Waals surface area contributed by atoms with Crippen molar-refractivity contribution in [2.24, 2.45) is 5.41 Å². The quantitative estimate of drug-likeness (QED) is 0.724. The zero-order valence-electron chi connectivity index (χ0n) is 17.3. The maximum absolute atomic E-state index is 14.3. The number of nitrogen functional groups attached to an aromatic ring is 1. The maximum Gasteiger partial charge on any atom is 0.231 e. The fraction of sp³-hybridized carbons (Fsp3) is 0.500. The number of amides is 1. The molecule has 2 aliphatic heterocycles. The molecule has 6 nitrogen and oxygen atoms in total. The van der Waals surface area contributed by atoms with Crippen molar-refractivity contribution in [3.63, 3.8) is 0 Å². The van der Waals surface area contributed by atoms with Crippen molar-refractivity contribution in [2.75, 3.05) is 31.9 Å². The van der Waals surface area contributed by atoms with Crippen molar-refractivity contribution in [1.29, 1.82) is 0 Å². The van der Waals surface area contributed by atoms with Crippen LogP contribution in [0, 0.1) is 11.2 Å². The van der Waals surface area contributed by atoms with Gasteiger partial charge in [-0.05, 0) is 49.3 Å². The van der Waals surface area contributed by atoms with Gasteiger partial charge in [0.25, 0.3) is 0 Å². The number of fused-ring (bicyclic) bond motifs is 2. The number of nitrogens with zero attached hydrogens (tertiary/aromatic N) is 3. The summed E-state index contributed by atoms with van der Waals surface area (Å²) < 4.78 is 14.3. The number of aromatic nitrogens is 2. The molecule has 2 aromatic rings. The van der Waals surface area contributed by atoms with Gasteiger partial charge in [0.2, 0.25) is 11.9 Å². The predicted octanol–water partition coefficient (Wildman–Crippen LogP) is 2.68. The summed E-state index contributed by atoms with van der Waals surface area (Å²) in [5, 5.41) is 3.24. The van der Waals surface area contributed by atoms with Crippen molar-refractivity contribution < 1.29 is 9.18 Å². The van der Waals surface area contributed by atoms with E-state index < -0.39 is 5.41 Å². The second-order valence-electron chi connectivity index (χ2n) is 8.86. The largest absolute Gasteiger partial charge is 0.368 e. The number of hydrogen-bond acceptors (Lipinski definition) is 5. The molecule has 3 aliphatic rings. The number of piperidine rings is 1. The fourth-order valence-corrected chi connectivity index (χ4v) is 5.38. The van der Waals surface area contributed by atoms with E-state index in [-0.39, 0.29) is 42.0 Å². The number of carbonyl (C=O) groups excluding carboxylic acids is 1. The topological polar surface area (TPSA) is 84.1 Å². The maximum atomic E-state index is 14.3. The Labute approximate surface area is 194 Å². The Morgan fingerprint density at radius 3 is 2.71 bits per heavy atom. The van der Waals surface area contributed by atoms with Gasteiger partial charge in [-0.15, -0.1) is 24.8 Å². The number of anilines is 1. The van der Waals surface area contributed by atoms with Gasteiger partial charge in [0, 0.05) is 37.8 Å². The molecular weight excluding hydrogens is 440 g/mol. The Morgan fingerprint density at radius 2 is 2.00 bits per heavy atom. The summed E-state index contributed by atoms with van der Waals surface area (Å²) in [5.74, 6) is 0.195. The zero-order valence-corrected chi connectivity index (χ0v) is 18.9. The summed E-state index contributed by atoms with van der Waals surface area (Å²) in [7, 11) is 0. The first-order valence-electron chi connectivity index (χ1n) is 10.4. The lowest BCUT2D eigenvalue weighted by atomic mass is 9.72. The van der Waals surface area contributed by atoms with Gasteiger partial charge in [-0.1, -0.05) is 18.2 Å². The third-order valence-electron chi connectivity index (χ3n) is 6.99. The molecule has 5 rings (SSSR count). The second-order valence-corrected chi connectivity index (χ2v) is 8.86. The molecule has 3 N–H and O–H groups in total. The molecule has 1 aromatic heterocycles. The minimum Gasteiger partial charge on any atom is -0.368 e. The highest BCUT2D eigenvalue weighted by molar-refractivity contribution is 5.86. The van der Waals surface area contributed by atoms with Crippen LogP contribution in [0.15, 0.2) is 30.5 Å². The second kappa shape index (κ2) is 8.88. The third kappa shape index (κ3) is 3.99. The van der Waals surface area contributed by atoms with Crippen LogP contribution in [0.4, 0.5) is 10.3 Å². The molecule has 1 aliphatic carbocycles. The molecule has 3 heterocycles. The lowest BCUT2D eigenvalue weighted by Gasteiger charge is -2.48. The minimum atomic E-state index is -0.563. The highest BCUT2D eigenvalue weighted by Gasteiger charge is 2.51. The van der Waals surface area contributed by atoms with E-state index in [2.05, 4.69) is 15.3 Å². The van der Waals surface area contributed by atoms with Crippen molar-refractivity contribution in [1.82, 2.24) is 20.2 Å². The number of nitrogens with two attached hydrogens (primary N) is 1. The van der Waals surface area contributed by atoms with Crippen LogP contribution in [0.5, 0.6) is 0 Å². The Bertz CT molecular complexity index is 967. The molecule has 1 unspecified atom stereocenters. The molecule has 1 atom stereocenters. The molecule has 1 aromatic carbocycles. The van der Waals surface area contributed by atoms with Crippen LogP contribution >= 0.6 is 24.8 Å². The number of benzene rings is 1. The molecule has 0 saturated carbocycles. The normalized spacial score (nSPS) is 23.3. The zero-order chi connectivity index (χ0) is 20.1. The summed E-state index contributed by atoms with van der Waals surface area (Å²) in [6, 6.07) is 6.77. The highest BCUT2D eigenvalue weighted by atomic mass is 35.5. The molecular formula is C22H28Cl2FN5O. The monoisotopic (exact) mass is 467 g/mol. The Kier molecular flexibility index (Phi) is 6.79. The summed E-state index contributed by atoms with van der Waals surface area (Å²) >= 11 is 0. The van der Waals surface area contributed by atoms with E-state index in [1.54, 1.807) is 12.1 Å². The van der Waals surface area contributed by atoms with Gasteiger partial charge in [-0.2, -0.15) is 0 Å². The first-order chi connectivity index (χ1) is 14.0.